The Morgan fingerprint density at radius 2 is 2.17 bits per heavy atom. The topological polar surface area (TPSA) is 107 Å². The standard InChI is InChI=1S/C10H12N6O2/c1-2-8(3-9(17)18)16-10(13-14-15-16)7-4-11-6-12-5-7/h4-6,8H,2-3H2,1H3,(H,17,18). The molecule has 0 aliphatic heterocycles. The van der Waals surface area contributed by atoms with Gasteiger partial charge in [-0.3, -0.25) is 4.79 Å². The van der Waals surface area contributed by atoms with E-state index in [0.717, 1.165) is 0 Å². The number of carboxylic acids is 1. The molecule has 2 rings (SSSR count). The Hall–Kier alpha value is -2.38. The molecule has 0 spiro atoms. The third kappa shape index (κ3) is 2.47. The summed E-state index contributed by atoms with van der Waals surface area (Å²) >= 11 is 0. The molecular formula is C10H12N6O2. The van der Waals surface area contributed by atoms with Gasteiger partial charge in [0.15, 0.2) is 5.82 Å². The lowest BCUT2D eigenvalue weighted by atomic mass is 10.1. The van der Waals surface area contributed by atoms with Gasteiger partial charge in [0.05, 0.1) is 18.0 Å². The van der Waals surface area contributed by atoms with Gasteiger partial charge in [-0.25, -0.2) is 14.6 Å². The van der Waals surface area contributed by atoms with E-state index >= 15 is 0 Å². The van der Waals surface area contributed by atoms with Crippen LogP contribution in [0.5, 0.6) is 0 Å². The molecule has 8 nitrogen and oxygen atoms in total. The van der Waals surface area contributed by atoms with Crippen molar-refractivity contribution in [2.45, 2.75) is 25.8 Å². The lowest BCUT2D eigenvalue weighted by Crippen LogP contribution is -2.15. The Bertz CT molecular complexity index is 526. The lowest BCUT2D eigenvalue weighted by Gasteiger charge is -2.13. The Balaban J connectivity index is 2.35. The summed E-state index contributed by atoms with van der Waals surface area (Å²) in [4.78, 5) is 18.6. The van der Waals surface area contributed by atoms with Crippen molar-refractivity contribution in [2.75, 3.05) is 0 Å². The second kappa shape index (κ2) is 5.30. The minimum absolute atomic E-state index is 0.0256. The fourth-order valence-electron chi connectivity index (χ4n) is 1.65. The maximum atomic E-state index is 10.8. The maximum Gasteiger partial charge on any atom is 0.305 e. The molecule has 1 N–H and O–H groups in total. The van der Waals surface area contributed by atoms with Crippen molar-refractivity contribution in [3.8, 4) is 11.4 Å². The number of carbonyl (C=O) groups is 1. The van der Waals surface area contributed by atoms with Crippen molar-refractivity contribution in [2.24, 2.45) is 0 Å². The first-order valence-corrected chi connectivity index (χ1v) is 5.47. The van der Waals surface area contributed by atoms with Gasteiger partial charge in [-0.05, 0) is 16.8 Å². The van der Waals surface area contributed by atoms with E-state index in [1.54, 1.807) is 12.4 Å². The summed E-state index contributed by atoms with van der Waals surface area (Å²) in [6, 6.07) is -0.285. The Morgan fingerprint density at radius 3 is 2.78 bits per heavy atom. The summed E-state index contributed by atoms with van der Waals surface area (Å²) < 4.78 is 1.51. The van der Waals surface area contributed by atoms with Crippen molar-refractivity contribution in [3.05, 3.63) is 18.7 Å². The largest absolute Gasteiger partial charge is 0.481 e. The number of hydrogen-bond donors (Lipinski definition) is 1. The van der Waals surface area contributed by atoms with E-state index in [1.165, 1.54) is 11.0 Å². The minimum atomic E-state index is -0.882. The van der Waals surface area contributed by atoms with E-state index in [1.807, 2.05) is 6.92 Å². The van der Waals surface area contributed by atoms with Gasteiger partial charge in [0.2, 0.25) is 0 Å². The molecule has 1 unspecified atom stereocenters. The third-order valence-corrected chi connectivity index (χ3v) is 2.54. The van der Waals surface area contributed by atoms with Crippen LogP contribution in [0.3, 0.4) is 0 Å². The number of rotatable bonds is 5. The van der Waals surface area contributed by atoms with Crippen LogP contribution in [0.15, 0.2) is 18.7 Å². The molecule has 0 saturated heterocycles. The number of tetrazole rings is 1. The van der Waals surface area contributed by atoms with Gasteiger partial charge in [-0.15, -0.1) is 5.10 Å². The van der Waals surface area contributed by atoms with Crippen molar-refractivity contribution in [1.29, 1.82) is 0 Å². The summed E-state index contributed by atoms with van der Waals surface area (Å²) in [7, 11) is 0. The Kier molecular flexibility index (Phi) is 3.56. The zero-order valence-corrected chi connectivity index (χ0v) is 9.76. The highest BCUT2D eigenvalue weighted by molar-refractivity contribution is 5.67. The molecule has 0 radical (unpaired) electrons. The second-order valence-corrected chi connectivity index (χ2v) is 3.73. The van der Waals surface area contributed by atoms with Crippen molar-refractivity contribution >= 4 is 5.97 Å². The smallest absolute Gasteiger partial charge is 0.305 e. The summed E-state index contributed by atoms with van der Waals surface area (Å²) in [5.74, 6) is -0.406. The van der Waals surface area contributed by atoms with Gasteiger partial charge in [-0.1, -0.05) is 6.92 Å². The first-order chi connectivity index (χ1) is 8.72. The third-order valence-electron chi connectivity index (χ3n) is 2.54. The van der Waals surface area contributed by atoms with E-state index in [4.69, 9.17) is 5.11 Å². The summed E-state index contributed by atoms with van der Waals surface area (Å²) in [6.07, 6.45) is 5.18. The number of nitrogens with zero attached hydrogens (tertiary/aromatic N) is 6. The molecule has 2 aromatic rings. The van der Waals surface area contributed by atoms with Gasteiger partial charge < -0.3 is 5.11 Å². The number of aromatic nitrogens is 6. The molecule has 0 saturated carbocycles. The van der Waals surface area contributed by atoms with Gasteiger partial charge in [0.1, 0.15) is 6.33 Å². The predicted molar refractivity (Wildman–Crippen MR) is 60.4 cm³/mol. The molecule has 0 fully saturated rings. The Labute approximate surface area is 103 Å². The molecule has 0 aliphatic rings. The second-order valence-electron chi connectivity index (χ2n) is 3.73. The summed E-state index contributed by atoms with van der Waals surface area (Å²) in [5, 5.41) is 20.2. The van der Waals surface area contributed by atoms with Crippen LogP contribution in [0.25, 0.3) is 11.4 Å². The highest BCUT2D eigenvalue weighted by Gasteiger charge is 2.19. The zero-order valence-electron chi connectivity index (χ0n) is 9.76. The van der Waals surface area contributed by atoms with E-state index in [9.17, 15) is 4.79 Å². The van der Waals surface area contributed by atoms with Gasteiger partial charge >= 0.3 is 5.97 Å². The van der Waals surface area contributed by atoms with Crippen molar-refractivity contribution in [1.82, 2.24) is 30.2 Å². The molecular weight excluding hydrogens is 236 g/mol. The molecule has 0 amide bonds. The molecule has 2 aromatic heterocycles. The minimum Gasteiger partial charge on any atom is -0.481 e. The van der Waals surface area contributed by atoms with E-state index in [2.05, 4.69) is 25.5 Å². The molecule has 18 heavy (non-hydrogen) atoms. The molecule has 0 aliphatic carbocycles. The number of carboxylic acid groups (broad SMARTS) is 1. The molecule has 94 valence electrons. The maximum absolute atomic E-state index is 10.8. The van der Waals surface area contributed by atoms with Crippen LogP contribution < -0.4 is 0 Å². The average Bonchev–Trinajstić information content (AvgIpc) is 2.86. The van der Waals surface area contributed by atoms with Crippen LogP contribution >= 0.6 is 0 Å². The van der Waals surface area contributed by atoms with Crippen LogP contribution in [0.2, 0.25) is 0 Å². The zero-order chi connectivity index (χ0) is 13.0. The first-order valence-electron chi connectivity index (χ1n) is 5.47. The van der Waals surface area contributed by atoms with Crippen LogP contribution in [0.1, 0.15) is 25.8 Å². The van der Waals surface area contributed by atoms with Gasteiger partial charge in [0, 0.05) is 12.4 Å². The van der Waals surface area contributed by atoms with E-state index in [0.29, 0.717) is 17.8 Å². The van der Waals surface area contributed by atoms with Crippen LogP contribution in [0, 0.1) is 0 Å². The molecule has 1 atom stereocenters. The monoisotopic (exact) mass is 248 g/mol. The summed E-state index contributed by atoms with van der Waals surface area (Å²) in [6.45, 7) is 1.89. The summed E-state index contributed by atoms with van der Waals surface area (Å²) in [5.41, 5.74) is 0.659. The highest BCUT2D eigenvalue weighted by Crippen LogP contribution is 2.21. The molecule has 0 bridgehead atoms. The number of aliphatic carboxylic acids is 1. The predicted octanol–water partition coefficient (Wildman–Crippen LogP) is 0.556. The van der Waals surface area contributed by atoms with Crippen molar-refractivity contribution in [3.63, 3.8) is 0 Å². The normalized spacial score (nSPS) is 12.3. The lowest BCUT2D eigenvalue weighted by molar-refractivity contribution is -0.138. The highest BCUT2D eigenvalue weighted by atomic mass is 16.4. The van der Waals surface area contributed by atoms with Crippen LogP contribution in [0.4, 0.5) is 0 Å². The van der Waals surface area contributed by atoms with Gasteiger partial charge in [0.25, 0.3) is 0 Å². The quantitative estimate of drug-likeness (QED) is 0.823. The van der Waals surface area contributed by atoms with Gasteiger partial charge in [-0.2, -0.15) is 0 Å². The fraction of sp³-hybridized carbons (Fsp3) is 0.400. The first kappa shape index (κ1) is 12.1. The van der Waals surface area contributed by atoms with E-state index < -0.39 is 5.97 Å². The molecule has 0 aromatic carbocycles. The number of hydrogen-bond acceptors (Lipinski definition) is 6. The van der Waals surface area contributed by atoms with Crippen LogP contribution in [-0.4, -0.2) is 41.3 Å². The van der Waals surface area contributed by atoms with Crippen LogP contribution in [-0.2, 0) is 4.79 Å². The van der Waals surface area contributed by atoms with Crippen molar-refractivity contribution < 1.29 is 9.90 Å². The molecule has 8 heteroatoms. The van der Waals surface area contributed by atoms with E-state index in [-0.39, 0.29) is 12.5 Å². The average molecular weight is 248 g/mol. The fourth-order valence-corrected chi connectivity index (χ4v) is 1.65. The molecule has 2 heterocycles. The Morgan fingerprint density at radius 1 is 1.44 bits per heavy atom. The SMILES string of the molecule is CCC(CC(=O)O)n1nnnc1-c1cncnc1.